The molecule has 2 aromatic rings. The van der Waals surface area contributed by atoms with E-state index in [0.717, 1.165) is 29.1 Å². The van der Waals surface area contributed by atoms with Crippen LogP contribution >= 0.6 is 0 Å². The molecule has 1 fully saturated rings. The Morgan fingerprint density at radius 1 is 1.35 bits per heavy atom. The van der Waals surface area contributed by atoms with Gasteiger partial charge in [-0.05, 0) is 26.3 Å². The molecule has 0 bridgehead atoms. The molecule has 7 nitrogen and oxygen atoms in total. The number of likely N-dealkylation sites (tertiary alicyclic amines) is 1. The highest BCUT2D eigenvalue weighted by Gasteiger charge is 2.27. The number of amides is 1. The number of aromatic nitrogens is 4. The molecule has 0 spiro atoms. The van der Waals surface area contributed by atoms with Crippen molar-refractivity contribution in [1.82, 2.24) is 24.6 Å². The number of carbonyl (C=O) groups excluding carboxylic acids is 1. The Bertz CT molecular complexity index is 738. The van der Waals surface area contributed by atoms with Gasteiger partial charge in [-0.25, -0.2) is 9.97 Å². The van der Waals surface area contributed by atoms with Crippen LogP contribution in [0.25, 0.3) is 11.3 Å². The van der Waals surface area contributed by atoms with Gasteiger partial charge in [0, 0.05) is 50.6 Å². The van der Waals surface area contributed by atoms with E-state index in [2.05, 4.69) is 20.4 Å². The number of nitrogens with zero attached hydrogens (tertiary/aromatic N) is 5. The van der Waals surface area contributed by atoms with Gasteiger partial charge in [0.25, 0.3) is 0 Å². The molecule has 0 radical (unpaired) electrons. The van der Waals surface area contributed by atoms with Crippen LogP contribution in [0.4, 0.5) is 5.95 Å². The van der Waals surface area contributed by atoms with E-state index in [1.807, 2.05) is 38.7 Å². The van der Waals surface area contributed by atoms with E-state index in [4.69, 9.17) is 0 Å². The Kier molecular flexibility index (Phi) is 4.02. The van der Waals surface area contributed by atoms with E-state index >= 15 is 0 Å². The lowest BCUT2D eigenvalue weighted by atomic mass is 10.1. The Morgan fingerprint density at radius 2 is 2.13 bits per heavy atom. The zero-order chi connectivity index (χ0) is 16.6. The third kappa shape index (κ3) is 2.91. The maximum Gasteiger partial charge on any atom is 0.223 e. The van der Waals surface area contributed by atoms with Gasteiger partial charge in [-0.2, -0.15) is 5.10 Å². The lowest BCUT2D eigenvalue weighted by molar-refractivity contribution is -0.127. The Labute approximate surface area is 135 Å². The summed E-state index contributed by atoms with van der Waals surface area (Å²) in [6, 6.07) is 2.10. The Balaban J connectivity index is 1.77. The Morgan fingerprint density at radius 3 is 2.74 bits per heavy atom. The summed E-state index contributed by atoms with van der Waals surface area (Å²) >= 11 is 0. The highest BCUT2D eigenvalue weighted by molar-refractivity contribution is 5.78. The molecule has 1 atom stereocenters. The van der Waals surface area contributed by atoms with Crippen LogP contribution in [0.15, 0.2) is 12.3 Å². The maximum absolute atomic E-state index is 11.6. The highest BCUT2D eigenvalue weighted by Crippen LogP contribution is 2.25. The summed E-state index contributed by atoms with van der Waals surface area (Å²) < 4.78 is 1.86. The van der Waals surface area contributed by atoms with Crippen molar-refractivity contribution in [3.05, 3.63) is 23.7 Å². The molecule has 2 aromatic heterocycles. The van der Waals surface area contributed by atoms with Crippen molar-refractivity contribution in [2.75, 3.05) is 18.9 Å². The summed E-state index contributed by atoms with van der Waals surface area (Å²) in [5, 5.41) is 7.69. The predicted octanol–water partition coefficient (Wildman–Crippen LogP) is 1.53. The minimum atomic E-state index is 0.202. The SMILES string of the molecule is Cc1nn(C)c(C)c1-c1ccnc(NCC2CCC(=O)N2C)n1. The first-order valence-corrected chi connectivity index (χ1v) is 7.80. The normalized spacial score (nSPS) is 17.8. The monoisotopic (exact) mass is 314 g/mol. The van der Waals surface area contributed by atoms with Crippen molar-refractivity contribution in [2.24, 2.45) is 7.05 Å². The standard InChI is InChI=1S/C16H22N6O/c1-10-15(11(2)22(4)20-10)13-7-8-17-16(19-13)18-9-12-5-6-14(23)21(12)3/h7-8,12H,5-6,9H2,1-4H3,(H,17,18,19). The van der Waals surface area contributed by atoms with Crippen LogP contribution in [0.2, 0.25) is 0 Å². The van der Waals surface area contributed by atoms with Crippen molar-refractivity contribution < 1.29 is 4.79 Å². The second kappa shape index (κ2) is 5.98. The van der Waals surface area contributed by atoms with Gasteiger partial charge >= 0.3 is 0 Å². The van der Waals surface area contributed by atoms with Crippen LogP contribution in [0.3, 0.4) is 0 Å². The molecule has 7 heteroatoms. The van der Waals surface area contributed by atoms with Crippen molar-refractivity contribution in [1.29, 1.82) is 0 Å². The van der Waals surface area contributed by atoms with E-state index in [9.17, 15) is 4.79 Å². The summed E-state index contributed by atoms with van der Waals surface area (Å²) in [6.45, 7) is 4.68. The lowest BCUT2D eigenvalue weighted by Gasteiger charge is -2.20. The molecule has 23 heavy (non-hydrogen) atoms. The molecule has 0 saturated carbocycles. The fraction of sp³-hybridized carbons (Fsp3) is 0.500. The summed E-state index contributed by atoms with van der Waals surface area (Å²) in [7, 11) is 3.78. The zero-order valence-corrected chi connectivity index (χ0v) is 14.0. The second-order valence-electron chi connectivity index (χ2n) is 6.01. The molecule has 0 aromatic carbocycles. The van der Waals surface area contributed by atoms with E-state index in [-0.39, 0.29) is 11.9 Å². The van der Waals surface area contributed by atoms with Crippen LogP contribution < -0.4 is 5.32 Å². The quantitative estimate of drug-likeness (QED) is 0.926. The van der Waals surface area contributed by atoms with Crippen molar-refractivity contribution in [3.8, 4) is 11.3 Å². The number of rotatable bonds is 4. The van der Waals surface area contributed by atoms with E-state index in [0.29, 0.717) is 18.9 Å². The topological polar surface area (TPSA) is 75.9 Å². The molecular formula is C16H22N6O. The fourth-order valence-electron chi connectivity index (χ4n) is 3.04. The third-order valence-corrected chi connectivity index (χ3v) is 4.55. The number of aryl methyl sites for hydroxylation is 2. The Hall–Kier alpha value is -2.44. The van der Waals surface area contributed by atoms with Gasteiger partial charge in [-0.1, -0.05) is 0 Å². The molecule has 0 aliphatic carbocycles. The van der Waals surface area contributed by atoms with Gasteiger partial charge < -0.3 is 10.2 Å². The second-order valence-corrected chi connectivity index (χ2v) is 6.01. The van der Waals surface area contributed by atoms with E-state index < -0.39 is 0 Å². The molecule has 1 unspecified atom stereocenters. The summed E-state index contributed by atoms with van der Waals surface area (Å²) in [4.78, 5) is 22.3. The lowest BCUT2D eigenvalue weighted by Crippen LogP contribution is -2.34. The van der Waals surface area contributed by atoms with Gasteiger partial charge in [0.2, 0.25) is 11.9 Å². The third-order valence-electron chi connectivity index (χ3n) is 4.55. The predicted molar refractivity (Wildman–Crippen MR) is 88.0 cm³/mol. The maximum atomic E-state index is 11.6. The fourth-order valence-corrected chi connectivity index (χ4v) is 3.04. The van der Waals surface area contributed by atoms with E-state index in [1.165, 1.54) is 0 Å². The molecule has 1 saturated heterocycles. The smallest absolute Gasteiger partial charge is 0.223 e. The number of carbonyl (C=O) groups is 1. The minimum Gasteiger partial charge on any atom is -0.352 e. The van der Waals surface area contributed by atoms with Crippen LogP contribution in [-0.4, -0.2) is 50.2 Å². The average Bonchev–Trinajstić information content (AvgIpc) is 2.97. The minimum absolute atomic E-state index is 0.202. The number of likely N-dealkylation sites (N-methyl/N-ethyl adjacent to an activating group) is 1. The van der Waals surface area contributed by atoms with Crippen molar-refractivity contribution in [3.63, 3.8) is 0 Å². The molecule has 3 rings (SSSR count). The first kappa shape index (κ1) is 15.5. The van der Waals surface area contributed by atoms with Crippen molar-refractivity contribution in [2.45, 2.75) is 32.7 Å². The largest absolute Gasteiger partial charge is 0.352 e. The van der Waals surface area contributed by atoms with Crippen LogP contribution in [-0.2, 0) is 11.8 Å². The highest BCUT2D eigenvalue weighted by atomic mass is 16.2. The van der Waals surface area contributed by atoms with Gasteiger partial charge in [-0.15, -0.1) is 0 Å². The number of hydrogen-bond acceptors (Lipinski definition) is 5. The molecule has 3 heterocycles. The summed E-state index contributed by atoms with van der Waals surface area (Å²) in [6.07, 6.45) is 3.25. The molecule has 1 N–H and O–H groups in total. The first-order chi connectivity index (χ1) is 11.0. The van der Waals surface area contributed by atoms with Crippen LogP contribution in [0.1, 0.15) is 24.2 Å². The van der Waals surface area contributed by atoms with Crippen LogP contribution in [0.5, 0.6) is 0 Å². The number of hydrogen-bond donors (Lipinski definition) is 1. The van der Waals surface area contributed by atoms with Crippen LogP contribution in [0, 0.1) is 13.8 Å². The molecule has 122 valence electrons. The van der Waals surface area contributed by atoms with Gasteiger partial charge in [0.05, 0.1) is 11.4 Å². The summed E-state index contributed by atoms with van der Waals surface area (Å²) in [5.41, 5.74) is 3.94. The molecular weight excluding hydrogens is 292 g/mol. The van der Waals surface area contributed by atoms with Gasteiger partial charge in [0.1, 0.15) is 0 Å². The number of anilines is 1. The number of nitrogens with one attached hydrogen (secondary N) is 1. The first-order valence-electron chi connectivity index (χ1n) is 7.80. The van der Waals surface area contributed by atoms with Gasteiger partial charge in [-0.3, -0.25) is 9.48 Å². The summed E-state index contributed by atoms with van der Waals surface area (Å²) in [5.74, 6) is 0.783. The molecule has 1 amide bonds. The zero-order valence-electron chi connectivity index (χ0n) is 14.0. The van der Waals surface area contributed by atoms with E-state index in [1.54, 1.807) is 11.1 Å². The molecule has 1 aliphatic rings. The van der Waals surface area contributed by atoms with Gasteiger partial charge in [0.15, 0.2) is 0 Å². The van der Waals surface area contributed by atoms with Crippen molar-refractivity contribution >= 4 is 11.9 Å². The average molecular weight is 314 g/mol. The molecule has 1 aliphatic heterocycles.